The van der Waals surface area contributed by atoms with Gasteiger partial charge in [-0.3, -0.25) is 14.9 Å². The summed E-state index contributed by atoms with van der Waals surface area (Å²) in [4.78, 5) is 24.1. The molecule has 6 nitrogen and oxygen atoms in total. The van der Waals surface area contributed by atoms with Gasteiger partial charge in [0.1, 0.15) is 11.7 Å². The van der Waals surface area contributed by atoms with Crippen LogP contribution in [0.25, 0.3) is 0 Å². The smallest absolute Gasteiger partial charge is 0.294 e. The quantitative estimate of drug-likeness (QED) is 0.467. The van der Waals surface area contributed by atoms with Crippen LogP contribution in [0.4, 0.5) is 11.4 Å². The van der Waals surface area contributed by atoms with Gasteiger partial charge in [0.05, 0.1) is 9.80 Å². The van der Waals surface area contributed by atoms with Gasteiger partial charge < -0.3 is 10.6 Å². The van der Waals surface area contributed by atoms with Gasteiger partial charge >= 0.3 is 0 Å². The van der Waals surface area contributed by atoms with Gasteiger partial charge in [0.2, 0.25) is 0 Å². The molecular weight excluding hydrogens is 386 g/mol. The molecule has 3 N–H and O–H groups in total. The number of nitrogens with one attached hydrogen (secondary N) is 1. The first-order valence-electron chi connectivity index (χ1n) is 8.20. The number of carbonyl (C=O) groups is 1. The molecule has 0 bridgehead atoms. The van der Waals surface area contributed by atoms with Crippen molar-refractivity contribution in [3.8, 4) is 0 Å². The van der Waals surface area contributed by atoms with Crippen molar-refractivity contribution in [2.24, 2.45) is 0 Å². The number of benzene rings is 2. The lowest BCUT2D eigenvalue weighted by atomic mass is 10.1. The molecule has 0 radical (unpaired) electrons. The number of rotatable bonds is 7. The number of halogens is 1. The fourth-order valence-corrected chi connectivity index (χ4v) is 3.75. The van der Waals surface area contributed by atoms with Gasteiger partial charge in [0, 0.05) is 16.7 Å². The van der Waals surface area contributed by atoms with Crippen LogP contribution in [-0.2, 0) is 4.79 Å². The number of nitro benzene ring substituents is 1. The van der Waals surface area contributed by atoms with Gasteiger partial charge in [0.25, 0.3) is 11.6 Å². The Morgan fingerprint density at radius 1 is 1.19 bits per heavy atom. The Balaban J connectivity index is 1.71. The number of nitrogens with two attached hydrogens (primary N) is 1. The van der Waals surface area contributed by atoms with E-state index in [0.29, 0.717) is 0 Å². The number of carbonyl (C=O) groups excluding carboxylic acids is 1. The average molecular weight is 403 g/mol. The van der Waals surface area contributed by atoms with E-state index >= 15 is 0 Å². The molecular formula is C19H17ClN3O3S+. The van der Waals surface area contributed by atoms with Crippen LogP contribution in [0.3, 0.4) is 0 Å². The van der Waals surface area contributed by atoms with Crippen LogP contribution in [0.1, 0.15) is 16.5 Å². The van der Waals surface area contributed by atoms with E-state index in [0.717, 1.165) is 10.4 Å². The van der Waals surface area contributed by atoms with Gasteiger partial charge in [-0.15, -0.1) is 11.3 Å². The average Bonchev–Trinajstić information content (AvgIpc) is 3.18. The van der Waals surface area contributed by atoms with Crippen molar-refractivity contribution < 1.29 is 15.0 Å². The Hall–Kier alpha value is -2.74. The molecule has 0 aliphatic carbocycles. The summed E-state index contributed by atoms with van der Waals surface area (Å²) in [6.45, 7) is 0.122. The molecule has 1 atom stereocenters. The van der Waals surface area contributed by atoms with E-state index in [1.54, 1.807) is 11.3 Å². The molecule has 0 saturated carbocycles. The highest BCUT2D eigenvalue weighted by molar-refractivity contribution is 7.10. The Morgan fingerprint density at radius 3 is 2.63 bits per heavy atom. The number of nitrogens with zero attached hydrogens (tertiary/aromatic N) is 1. The first-order valence-corrected chi connectivity index (χ1v) is 9.46. The van der Waals surface area contributed by atoms with Gasteiger partial charge in [-0.05, 0) is 23.6 Å². The first kappa shape index (κ1) is 19.0. The van der Waals surface area contributed by atoms with Crippen molar-refractivity contribution in [2.75, 3.05) is 11.9 Å². The van der Waals surface area contributed by atoms with Crippen molar-refractivity contribution in [2.45, 2.75) is 6.04 Å². The lowest BCUT2D eigenvalue weighted by Crippen LogP contribution is -2.87. The minimum Gasteiger partial charge on any atom is -0.328 e. The monoisotopic (exact) mass is 402 g/mol. The van der Waals surface area contributed by atoms with E-state index in [1.165, 1.54) is 18.2 Å². The Labute approximate surface area is 164 Å². The summed E-state index contributed by atoms with van der Waals surface area (Å²) in [5.41, 5.74) is 0.995. The highest BCUT2D eigenvalue weighted by atomic mass is 35.5. The van der Waals surface area contributed by atoms with Gasteiger partial charge in [-0.25, -0.2) is 0 Å². The molecule has 0 aliphatic heterocycles. The number of hydrogen-bond donors (Lipinski definition) is 2. The third kappa shape index (κ3) is 4.91. The molecule has 1 aromatic heterocycles. The zero-order chi connectivity index (χ0) is 19.2. The molecule has 0 aliphatic rings. The lowest BCUT2D eigenvalue weighted by Gasteiger charge is -2.14. The lowest BCUT2D eigenvalue weighted by molar-refractivity contribution is -0.675. The molecule has 1 amide bonds. The largest absolute Gasteiger partial charge is 0.328 e. The summed E-state index contributed by atoms with van der Waals surface area (Å²) < 4.78 is 0. The van der Waals surface area contributed by atoms with Gasteiger partial charge in [-0.1, -0.05) is 48.0 Å². The number of thiophene rings is 1. The molecule has 0 fully saturated rings. The van der Waals surface area contributed by atoms with E-state index in [-0.39, 0.29) is 34.9 Å². The third-order valence-electron chi connectivity index (χ3n) is 3.98. The molecule has 27 heavy (non-hydrogen) atoms. The predicted octanol–water partition coefficient (Wildman–Crippen LogP) is 3.60. The van der Waals surface area contributed by atoms with E-state index in [9.17, 15) is 14.9 Å². The van der Waals surface area contributed by atoms with Crippen LogP contribution in [0.15, 0.2) is 66.0 Å². The minimum absolute atomic E-state index is 0.0165. The maximum absolute atomic E-state index is 12.4. The molecule has 2 aromatic carbocycles. The van der Waals surface area contributed by atoms with Gasteiger partial charge in [0.15, 0.2) is 6.54 Å². The third-order valence-corrected chi connectivity index (χ3v) is 5.17. The Bertz CT molecular complexity index is 933. The number of quaternary nitrogens is 1. The molecule has 0 saturated heterocycles. The fraction of sp³-hybridized carbons (Fsp3) is 0.105. The van der Waals surface area contributed by atoms with E-state index < -0.39 is 4.92 Å². The normalized spacial score (nSPS) is 11.7. The summed E-state index contributed by atoms with van der Waals surface area (Å²) in [6, 6.07) is 18.0. The maximum atomic E-state index is 12.4. The number of nitro groups is 1. The summed E-state index contributed by atoms with van der Waals surface area (Å²) >= 11 is 7.43. The van der Waals surface area contributed by atoms with Crippen LogP contribution >= 0.6 is 22.9 Å². The number of anilines is 1. The van der Waals surface area contributed by atoms with Crippen LogP contribution in [0, 0.1) is 10.1 Å². The first-order chi connectivity index (χ1) is 13.0. The second-order valence-electron chi connectivity index (χ2n) is 5.81. The van der Waals surface area contributed by atoms with E-state index in [2.05, 4.69) is 5.32 Å². The molecule has 3 aromatic rings. The SMILES string of the molecule is O=C(C[NH2+][C@@H](c1ccccc1)c1cccs1)Nc1ccc(Cl)cc1[N+](=O)[O-]. The van der Waals surface area contributed by atoms with Crippen LogP contribution in [-0.4, -0.2) is 17.4 Å². The second kappa shape index (κ2) is 8.77. The van der Waals surface area contributed by atoms with Gasteiger partial charge in [-0.2, -0.15) is 0 Å². The number of amides is 1. The molecule has 0 unspecified atom stereocenters. The molecule has 8 heteroatoms. The van der Waals surface area contributed by atoms with Crippen molar-refractivity contribution in [3.63, 3.8) is 0 Å². The molecule has 3 rings (SSSR count). The summed E-state index contributed by atoms with van der Waals surface area (Å²) in [5.74, 6) is -0.321. The zero-order valence-electron chi connectivity index (χ0n) is 14.2. The van der Waals surface area contributed by atoms with Crippen LogP contribution in [0.5, 0.6) is 0 Å². The van der Waals surface area contributed by atoms with Crippen molar-refractivity contribution in [1.82, 2.24) is 0 Å². The van der Waals surface area contributed by atoms with Crippen molar-refractivity contribution >= 4 is 40.2 Å². The fourth-order valence-electron chi connectivity index (χ4n) is 2.73. The second-order valence-corrected chi connectivity index (χ2v) is 7.23. The van der Waals surface area contributed by atoms with Crippen molar-refractivity contribution in [1.29, 1.82) is 0 Å². The summed E-state index contributed by atoms with van der Waals surface area (Å²) in [6.07, 6.45) is 0. The Kier molecular flexibility index (Phi) is 6.18. The predicted molar refractivity (Wildman–Crippen MR) is 106 cm³/mol. The highest BCUT2D eigenvalue weighted by Gasteiger charge is 2.21. The minimum atomic E-state index is -0.566. The van der Waals surface area contributed by atoms with Crippen LogP contribution < -0.4 is 10.6 Å². The maximum Gasteiger partial charge on any atom is 0.294 e. The van der Waals surface area contributed by atoms with Crippen LogP contribution in [0.2, 0.25) is 5.02 Å². The highest BCUT2D eigenvalue weighted by Crippen LogP contribution is 2.27. The van der Waals surface area contributed by atoms with Crippen molar-refractivity contribution in [3.05, 3.63) is 91.6 Å². The zero-order valence-corrected chi connectivity index (χ0v) is 15.7. The number of hydrogen-bond acceptors (Lipinski definition) is 4. The Morgan fingerprint density at radius 2 is 1.96 bits per heavy atom. The van der Waals surface area contributed by atoms with E-state index in [4.69, 9.17) is 11.6 Å². The standard InChI is InChI=1S/C19H16ClN3O3S/c20-14-8-9-15(16(11-14)23(25)26)22-18(24)12-21-19(17-7-4-10-27-17)13-5-2-1-3-6-13/h1-11,19,21H,12H2,(H,22,24)/p+1/t19-/m0/s1. The summed E-state index contributed by atoms with van der Waals surface area (Å²) in [7, 11) is 0. The molecule has 1 heterocycles. The molecule has 0 spiro atoms. The molecule has 138 valence electrons. The summed E-state index contributed by atoms with van der Waals surface area (Å²) in [5, 5.41) is 17.9. The van der Waals surface area contributed by atoms with E-state index in [1.807, 2.05) is 53.2 Å². The topological polar surface area (TPSA) is 88.8 Å².